The molecule has 0 atom stereocenters. The van der Waals surface area contributed by atoms with Gasteiger partial charge in [-0.1, -0.05) is 0 Å². The number of amides is 2. The summed E-state index contributed by atoms with van der Waals surface area (Å²) >= 11 is 0. The topological polar surface area (TPSA) is 73.4 Å². The maximum absolute atomic E-state index is 11.1. The van der Waals surface area contributed by atoms with Gasteiger partial charge in [-0.3, -0.25) is 0 Å². The van der Waals surface area contributed by atoms with E-state index < -0.39 is 5.60 Å². The van der Waals surface area contributed by atoms with Crippen LogP contribution in [0, 0.1) is 0 Å². The Labute approximate surface area is 76.9 Å². The van der Waals surface area contributed by atoms with Gasteiger partial charge in [0.25, 0.3) is 0 Å². The van der Waals surface area contributed by atoms with Crippen LogP contribution in [0.3, 0.4) is 0 Å². The first kappa shape index (κ1) is 8.77. The molecule has 0 spiro atoms. The Morgan fingerprint density at radius 1 is 1.54 bits per heavy atom. The molecule has 4 N–H and O–H groups in total. The standard InChI is InChI=1S/C8H15N3O2/c12-7(11-6-1-2-6)10-5-8(13)3-9-4-8/h6,9,13H,1-5H2,(H2,10,11,12). The lowest BCUT2D eigenvalue weighted by Crippen LogP contribution is -2.65. The molecule has 0 unspecified atom stereocenters. The highest BCUT2D eigenvalue weighted by molar-refractivity contribution is 5.74. The van der Waals surface area contributed by atoms with Crippen LogP contribution in [0.1, 0.15) is 12.8 Å². The van der Waals surface area contributed by atoms with Gasteiger partial charge in [0.05, 0.1) is 6.54 Å². The van der Waals surface area contributed by atoms with Gasteiger partial charge in [-0.05, 0) is 12.8 Å². The molecule has 1 saturated carbocycles. The molecule has 0 aromatic carbocycles. The molecule has 1 aliphatic heterocycles. The molecule has 2 fully saturated rings. The molecule has 5 nitrogen and oxygen atoms in total. The largest absolute Gasteiger partial charge is 0.385 e. The van der Waals surface area contributed by atoms with Crippen molar-refractivity contribution in [1.29, 1.82) is 0 Å². The van der Waals surface area contributed by atoms with Crippen molar-refractivity contribution in [1.82, 2.24) is 16.0 Å². The average molecular weight is 185 g/mol. The predicted molar refractivity (Wildman–Crippen MR) is 47.4 cm³/mol. The summed E-state index contributed by atoms with van der Waals surface area (Å²) in [6.45, 7) is 1.46. The smallest absolute Gasteiger partial charge is 0.315 e. The minimum atomic E-state index is -0.721. The van der Waals surface area contributed by atoms with Crippen molar-refractivity contribution >= 4 is 6.03 Å². The third kappa shape index (κ3) is 2.32. The van der Waals surface area contributed by atoms with Gasteiger partial charge in [-0.25, -0.2) is 4.79 Å². The molecule has 74 valence electrons. The fourth-order valence-corrected chi connectivity index (χ4v) is 1.25. The summed E-state index contributed by atoms with van der Waals surface area (Å²) in [5.74, 6) is 0. The third-order valence-corrected chi connectivity index (χ3v) is 2.40. The van der Waals surface area contributed by atoms with E-state index in [0.29, 0.717) is 25.7 Å². The summed E-state index contributed by atoms with van der Waals surface area (Å²) in [6, 6.07) is 0.206. The zero-order chi connectivity index (χ0) is 9.31. The SMILES string of the molecule is O=C(NCC1(O)CNC1)NC1CC1. The zero-order valence-corrected chi connectivity index (χ0v) is 7.47. The first-order chi connectivity index (χ1) is 6.18. The molecule has 0 aromatic heterocycles. The molecule has 0 bridgehead atoms. The highest BCUT2D eigenvalue weighted by atomic mass is 16.3. The summed E-state index contributed by atoms with van der Waals surface area (Å²) in [6.07, 6.45) is 2.17. The molecule has 0 radical (unpaired) electrons. The Morgan fingerprint density at radius 3 is 2.69 bits per heavy atom. The first-order valence-electron chi connectivity index (χ1n) is 4.65. The van der Waals surface area contributed by atoms with Crippen LogP contribution in [0.2, 0.25) is 0 Å². The van der Waals surface area contributed by atoms with E-state index in [2.05, 4.69) is 16.0 Å². The lowest BCUT2D eigenvalue weighted by atomic mass is 9.98. The van der Waals surface area contributed by atoms with Crippen molar-refractivity contribution < 1.29 is 9.90 Å². The van der Waals surface area contributed by atoms with E-state index in [1.54, 1.807) is 0 Å². The maximum Gasteiger partial charge on any atom is 0.315 e. The van der Waals surface area contributed by atoms with Crippen molar-refractivity contribution in [2.45, 2.75) is 24.5 Å². The number of carbonyl (C=O) groups is 1. The lowest BCUT2D eigenvalue weighted by Gasteiger charge is -2.37. The van der Waals surface area contributed by atoms with Crippen LogP contribution in [0.25, 0.3) is 0 Å². The highest BCUT2D eigenvalue weighted by Crippen LogP contribution is 2.18. The quantitative estimate of drug-likeness (QED) is 0.445. The number of carbonyl (C=O) groups excluding carboxylic acids is 1. The number of hydrogen-bond acceptors (Lipinski definition) is 3. The van der Waals surface area contributed by atoms with Crippen molar-refractivity contribution in [2.24, 2.45) is 0 Å². The Hall–Kier alpha value is -0.810. The number of hydrogen-bond donors (Lipinski definition) is 4. The molecule has 2 amide bonds. The average Bonchev–Trinajstić information content (AvgIpc) is 2.81. The summed E-state index contributed by atoms with van der Waals surface area (Å²) in [5, 5.41) is 18.0. The molecule has 1 heterocycles. The van der Waals surface area contributed by atoms with Crippen LogP contribution in [0.4, 0.5) is 4.79 Å². The van der Waals surface area contributed by atoms with Gasteiger partial charge >= 0.3 is 6.03 Å². The van der Waals surface area contributed by atoms with Crippen molar-refractivity contribution in [3.8, 4) is 0 Å². The zero-order valence-electron chi connectivity index (χ0n) is 7.47. The van der Waals surface area contributed by atoms with Crippen molar-refractivity contribution in [2.75, 3.05) is 19.6 Å². The number of aliphatic hydroxyl groups is 1. The summed E-state index contributed by atoms with van der Waals surface area (Å²) < 4.78 is 0. The molecule has 2 aliphatic rings. The van der Waals surface area contributed by atoms with Crippen LogP contribution in [0.5, 0.6) is 0 Å². The van der Waals surface area contributed by atoms with E-state index in [0.717, 1.165) is 12.8 Å². The second kappa shape index (κ2) is 3.16. The van der Waals surface area contributed by atoms with E-state index in [1.807, 2.05) is 0 Å². The van der Waals surface area contributed by atoms with Gasteiger partial charge in [0, 0.05) is 19.1 Å². The van der Waals surface area contributed by atoms with Gasteiger partial charge < -0.3 is 21.1 Å². The Kier molecular flexibility index (Phi) is 2.13. The monoisotopic (exact) mass is 185 g/mol. The predicted octanol–water partition coefficient (Wildman–Crippen LogP) is -1.22. The molecular weight excluding hydrogens is 170 g/mol. The minimum Gasteiger partial charge on any atom is -0.385 e. The lowest BCUT2D eigenvalue weighted by molar-refractivity contribution is -0.00608. The molecule has 13 heavy (non-hydrogen) atoms. The van der Waals surface area contributed by atoms with E-state index in [4.69, 9.17) is 0 Å². The van der Waals surface area contributed by atoms with E-state index >= 15 is 0 Å². The molecule has 2 rings (SSSR count). The summed E-state index contributed by atoms with van der Waals surface area (Å²) in [7, 11) is 0. The number of urea groups is 1. The first-order valence-corrected chi connectivity index (χ1v) is 4.65. The molecule has 1 aliphatic carbocycles. The number of β-amino-alcohol motifs (C(OH)–C–C–N with tert-alkyl or cyclic N) is 1. The van der Waals surface area contributed by atoms with Crippen molar-refractivity contribution in [3.05, 3.63) is 0 Å². The molecule has 0 aromatic rings. The molecule has 5 heteroatoms. The molecular formula is C8H15N3O2. The van der Waals surface area contributed by atoms with Crippen LogP contribution in [-0.2, 0) is 0 Å². The Balaban J connectivity index is 1.63. The molecule has 1 saturated heterocycles. The van der Waals surface area contributed by atoms with Crippen LogP contribution in [0.15, 0.2) is 0 Å². The normalized spacial score (nSPS) is 24.7. The van der Waals surface area contributed by atoms with Gasteiger partial charge in [0.1, 0.15) is 5.60 Å². The van der Waals surface area contributed by atoms with E-state index in [1.165, 1.54) is 0 Å². The highest BCUT2D eigenvalue weighted by Gasteiger charge is 2.34. The van der Waals surface area contributed by atoms with Gasteiger partial charge in [-0.15, -0.1) is 0 Å². The Bertz CT molecular complexity index is 211. The van der Waals surface area contributed by atoms with Gasteiger partial charge in [0.2, 0.25) is 0 Å². The van der Waals surface area contributed by atoms with Crippen LogP contribution >= 0.6 is 0 Å². The summed E-state index contributed by atoms with van der Waals surface area (Å²) in [4.78, 5) is 11.1. The maximum atomic E-state index is 11.1. The summed E-state index contributed by atoms with van der Waals surface area (Å²) in [5.41, 5.74) is -0.721. The van der Waals surface area contributed by atoms with Crippen LogP contribution < -0.4 is 16.0 Å². The van der Waals surface area contributed by atoms with Crippen LogP contribution in [-0.4, -0.2) is 42.4 Å². The Morgan fingerprint density at radius 2 is 2.23 bits per heavy atom. The number of nitrogens with one attached hydrogen (secondary N) is 3. The fourth-order valence-electron chi connectivity index (χ4n) is 1.25. The van der Waals surface area contributed by atoms with Crippen molar-refractivity contribution in [3.63, 3.8) is 0 Å². The second-order valence-electron chi connectivity index (χ2n) is 3.93. The number of rotatable bonds is 3. The van der Waals surface area contributed by atoms with Gasteiger partial charge in [0.15, 0.2) is 0 Å². The fraction of sp³-hybridized carbons (Fsp3) is 0.875. The van der Waals surface area contributed by atoms with E-state index in [9.17, 15) is 9.90 Å². The van der Waals surface area contributed by atoms with Gasteiger partial charge in [-0.2, -0.15) is 0 Å². The van der Waals surface area contributed by atoms with E-state index in [-0.39, 0.29) is 6.03 Å². The minimum absolute atomic E-state index is 0.164. The second-order valence-corrected chi connectivity index (χ2v) is 3.93. The third-order valence-electron chi connectivity index (χ3n) is 2.40.